The molecule has 0 radical (unpaired) electrons. The minimum Gasteiger partial charge on any atom is -0.488 e. The van der Waals surface area contributed by atoms with Gasteiger partial charge in [-0.2, -0.15) is 0 Å². The quantitative estimate of drug-likeness (QED) is 0.607. The van der Waals surface area contributed by atoms with Crippen molar-refractivity contribution in [3.63, 3.8) is 0 Å². The summed E-state index contributed by atoms with van der Waals surface area (Å²) in [6.07, 6.45) is 4.92. The van der Waals surface area contributed by atoms with Gasteiger partial charge >= 0.3 is 0 Å². The zero-order valence-electron chi connectivity index (χ0n) is 14.8. The Hall–Kier alpha value is -1.79. The Morgan fingerprint density at radius 2 is 1.85 bits per heavy atom. The number of hydrogen-bond donors (Lipinski definition) is 1. The highest BCUT2D eigenvalue weighted by Crippen LogP contribution is 2.24. The number of unbranched alkanes of at least 4 members (excludes halogenated alkanes) is 2. The molecule has 0 spiro atoms. The van der Waals surface area contributed by atoms with Crippen LogP contribution in [0.25, 0.3) is 0 Å². The average Bonchev–Trinajstić information content (AvgIpc) is 3.18. The van der Waals surface area contributed by atoms with Crippen molar-refractivity contribution in [2.24, 2.45) is 0 Å². The van der Waals surface area contributed by atoms with E-state index in [0.717, 1.165) is 49.6 Å². The summed E-state index contributed by atoms with van der Waals surface area (Å²) >= 11 is 2.89. The Kier molecular flexibility index (Phi) is 6.74. The maximum atomic E-state index is 11.5. The number of benzene rings is 1. The molecular formula is C20H23NO3S2. The van der Waals surface area contributed by atoms with Crippen molar-refractivity contribution in [3.8, 4) is 5.75 Å². The van der Waals surface area contributed by atoms with E-state index in [-0.39, 0.29) is 16.4 Å². The molecule has 1 aliphatic heterocycles. The molecule has 26 heavy (non-hydrogen) atoms. The second kappa shape index (κ2) is 9.24. The van der Waals surface area contributed by atoms with Gasteiger partial charge in [-0.25, -0.2) is 0 Å². The molecule has 0 bridgehead atoms. The fourth-order valence-electron chi connectivity index (χ4n) is 2.89. The summed E-state index contributed by atoms with van der Waals surface area (Å²) < 4.78 is 5.82. The van der Waals surface area contributed by atoms with Crippen LogP contribution in [0.3, 0.4) is 0 Å². The van der Waals surface area contributed by atoms with Crippen LogP contribution in [0.5, 0.6) is 5.75 Å². The molecule has 1 fully saturated rings. The van der Waals surface area contributed by atoms with Gasteiger partial charge in [0.15, 0.2) is 0 Å². The number of carbonyl (C=O) groups excluding carboxylic acids is 2. The second-order valence-corrected chi connectivity index (χ2v) is 8.98. The number of aryl methyl sites for hydroxylation is 2. The Balaban J connectivity index is 1.32. The molecule has 1 aromatic carbocycles. The monoisotopic (exact) mass is 389 g/mol. The number of hydrogen-bond acceptors (Lipinski definition) is 5. The van der Waals surface area contributed by atoms with E-state index in [2.05, 4.69) is 36.5 Å². The van der Waals surface area contributed by atoms with Gasteiger partial charge in [0.2, 0.25) is 5.91 Å². The standard InChI is InChI=1S/C20H23NO3S2/c1-14-7-12-17(25-14)13-24-16-10-8-15(9-11-16)5-3-2-4-6-18-19(22)21-20(23)26-18/h7-12,18H,2-6,13H2,1H3,(H,21,22,23). The van der Waals surface area contributed by atoms with Crippen LogP contribution in [-0.2, 0) is 17.8 Å². The van der Waals surface area contributed by atoms with Crippen LogP contribution in [0.4, 0.5) is 4.79 Å². The van der Waals surface area contributed by atoms with Crippen molar-refractivity contribution < 1.29 is 14.3 Å². The molecule has 0 saturated carbocycles. The third kappa shape index (κ3) is 5.61. The zero-order chi connectivity index (χ0) is 18.4. The Bertz CT molecular complexity index is 755. The van der Waals surface area contributed by atoms with Crippen LogP contribution in [0.1, 0.15) is 41.0 Å². The first-order chi connectivity index (χ1) is 12.6. The topological polar surface area (TPSA) is 55.4 Å². The van der Waals surface area contributed by atoms with Crippen LogP contribution in [0.15, 0.2) is 36.4 Å². The molecule has 1 N–H and O–H groups in total. The highest BCUT2D eigenvalue weighted by Gasteiger charge is 2.30. The Morgan fingerprint density at radius 1 is 1.04 bits per heavy atom. The highest BCUT2D eigenvalue weighted by atomic mass is 32.2. The van der Waals surface area contributed by atoms with Gasteiger partial charge in [-0.15, -0.1) is 11.3 Å². The van der Waals surface area contributed by atoms with Crippen LogP contribution >= 0.6 is 23.1 Å². The lowest BCUT2D eigenvalue weighted by Crippen LogP contribution is -2.24. The first-order valence-electron chi connectivity index (χ1n) is 8.89. The van der Waals surface area contributed by atoms with Gasteiger partial charge in [-0.1, -0.05) is 36.7 Å². The molecule has 0 aliphatic carbocycles. The molecule has 3 rings (SSSR count). The fraction of sp³-hybridized carbons (Fsp3) is 0.400. The van der Waals surface area contributed by atoms with Crippen molar-refractivity contribution in [1.82, 2.24) is 5.32 Å². The zero-order valence-corrected chi connectivity index (χ0v) is 16.5. The van der Waals surface area contributed by atoms with Crippen molar-refractivity contribution >= 4 is 34.2 Å². The summed E-state index contributed by atoms with van der Waals surface area (Å²) in [5.41, 5.74) is 1.30. The lowest BCUT2D eigenvalue weighted by atomic mass is 10.1. The number of thioether (sulfide) groups is 1. The third-order valence-electron chi connectivity index (χ3n) is 4.30. The molecule has 2 heterocycles. The summed E-state index contributed by atoms with van der Waals surface area (Å²) in [5, 5.41) is 1.93. The van der Waals surface area contributed by atoms with Gasteiger partial charge in [0.25, 0.3) is 5.24 Å². The number of thiophene rings is 1. The third-order valence-corrected chi connectivity index (χ3v) is 6.32. The van der Waals surface area contributed by atoms with Gasteiger partial charge in [-0.3, -0.25) is 14.9 Å². The summed E-state index contributed by atoms with van der Waals surface area (Å²) in [4.78, 5) is 25.1. The van der Waals surface area contributed by atoms with Gasteiger partial charge in [0, 0.05) is 9.75 Å². The van der Waals surface area contributed by atoms with Crippen LogP contribution in [-0.4, -0.2) is 16.4 Å². The predicted molar refractivity (Wildman–Crippen MR) is 107 cm³/mol. The van der Waals surface area contributed by atoms with Gasteiger partial charge in [0.1, 0.15) is 12.4 Å². The van der Waals surface area contributed by atoms with Gasteiger partial charge in [0.05, 0.1) is 5.25 Å². The lowest BCUT2D eigenvalue weighted by Gasteiger charge is -2.07. The average molecular weight is 390 g/mol. The Morgan fingerprint density at radius 3 is 2.50 bits per heavy atom. The number of ether oxygens (including phenoxy) is 1. The molecule has 2 aromatic rings. The smallest absolute Gasteiger partial charge is 0.286 e. The number of nitrogens with one attached hydrogen (secondary N) is 1. The van der Waals surface area contributed by atoms with E-state index in [4.69, 9.17) is 4.74 Å². The molecule has 1 atom stereocenters. The maximum Gasteiger partial charge on any atom is 0.286 e. The first-order valence-corrected chi connectivity index (χ1v) is 10.6. The van der Waals surface area contributed by atoms with E-state index in [1.165, 1.54) is 15.3 Å². The SMILES string of the molecule is Cc1ccc(COc2ccc(CCCCCC3SC(=O)NC3=O)cc2)s1. The normalized spacial score (nSPS) is 16.7. The summed E-state index contributed by atoms with van der Waals surface area (Å²) in [7, 11) is 0. The van der Waals surface area contributed by atoms with E-state index >= 15 is 0 Å². The van der Waals surface area contributed by atoms with E-state index < -0.39 is 0 Å². The van der Waals surface area contributed by atoms with E-state index in [1.807, 2.05) is 12.1 Å². The molecule has 1 aliphatic rings. The van der Waals surface area contributed by atoms with Crippen molar-refractivity contribution in [2.45, 2.75) is 50.9 Å². The van der Waals surface area contributed by atoms with Crippen LogP contribution < -0.4 is 10.1 Å². The molecule has 1 saturated heterocycles. The van der Waals surface area contributed by atoms with Crippen LogP contribution in [0, 0.1) is 6.92 Å². The summed E-state index contributed by atoms with van der Waals surface area (Å²) in [5.74, 6) is 0.766. The van der Waals surface area contributed by atoms with E-state index in [9.17, 15) is 9.59 Å². The molecule has 4 nitrogen and oxygen atoms in total. The number of rotatable bonds is 9. The van der Waals surface area contributed by atoms with Gasteiger partial charge < -0.3 is 4.74 Å². The molecule has 138 valence electrons. The predicted octanol–water partition coefficient (Wildman–Crippen LogP) is 5.09. The maximum absolute atomic E-state index is 11.5. The largest absolute Gasteiger partial charge is 0.488 e. The number of imide groups is 1. The molecule has 1 aromatic heterocycles. The van der Waals surface area contributed by atoms with Crippen molar-refractivity contribution in [1.29, 1.82) is 0 Å². The molecule has 1 unspecified atom stereocenters. The lowest BCUT2D eigenvalue weighted by molar-refractivity contribution is -0.119. The Labute approximate surface area is 162 Å². The minimum absolute atomic E-state index is 0.131. The highest BCUT2D eigenvalue weighted by molar-refractivity contribution is 8.15. The second-order valence-electron chi connectivity index (χ2n) is 6.43. The van der Waals surface area contributed by atoms with Gasteiger partial charge in [-0.05, 0) is 56.0 Å². The van der Waals surface area contributed by atoms with Crippen molar-refractivity contribution in [3.05, 3.63) is 51.7 Å². The minimum atomic E-state index is -0.212. The first kappa shape index (κ1) is 19.0. The molecular weight excluding hydrogens is 366 g/mol. The summed E-state index contributed by atoms with van der Waals surface area (Å²) in [6.45, 7) is 2.72. The molecule has 2 amide bonds. The van der Waals surface area contributed by atoms with E-state index in [0.29, 0.717) is 6.61 Å². The molecule has 6 heteroatoms. The van der Waals surface area contributed by atoms with Crippen molar-refractivity contribution in [2.75, 3.05) is 0 Å². The van der Waals surface area contributed by atoms with E-state index in [1.54, 1.807) is 11.3 Å². The number of carbonyl (C=O) groups is 2. The van der Waals surface area contributed by atoms with Crippen LogP contribution in [0.2, 0.25) is 0 Å². The summed E-state index contributed by atoms with van der Waals surface area (Å²) in [6, 6.07) is 12.5. The fourth-order valence-corrected chi connectivity index (χ4v) is 4.56. The number of amides is 2.